The summed E-state index contributed by atoms with van der Waals surface area (Å²) in [6, 6.07) is 13.9. The van der Waals surface area contributed by atoms with Gasteiger partial charge in [-0.3, -0.25) is 4.79 Å². The zero-order valence-corrected chi connectivity index (χ0v) is 14.3. The quantitative estimate of drug-likeness (QED) is 0.730. The molecule has 0 unspecified atom stereocenters. The van der Waals surface area contributed by atoms with Crippen LogP contribution in [0.3, 0.4) is 0 Å². The molecule has 0 saturated carbocycles. The number of carbonyl (C=O) groups is 1. The Balaban J connectivity index is 1.58. The zero-order chi connectivity index (χ0) is 17.2. The molecule has 1 aromatic carbocycles. The molecule has 0 bridgehead atoms. The SMILES string of the molecule is CCOc1ccc([C@H]2CCCN2C(=O)c2cn3ccccc3n2)cc1. The second kappa shape index (κ2) is 6.59. The van der Waals surface area contributed by atoms with Gasteiger partial charge in [0.25, 0.3) is 5.91 Å². The van der Waals surface area contributed by atoms with Crippen LogP contribution in [0.2, 0.25) is 0 Å². The molecule has 2 aromatic heterocycles. The first-order chi connectivity index (χ1) is 12.3. The third kappa shape index (κ3) is 2.97. The number of likely N-dealkylation sites (tertiary alicyclic amines) is 1. The van der Waals surface area contributed by atoms with Crippen LogP contribution in [0, 0.1) is 0 Å². The molecule has 5 nitrogen and oxygen atoms in total. The number of hydrogen-bond donors (Lipinski definition) is 0. The largest absolute Gasteiger partial charge is 0.494 e. The fourth-order valence-electron chi connectivity index (χ4n) is 3.49. The van der Waals surface area contributed by atoms with Gasteiger partial charge in [0.2, 0.25) is 0 Å². The maximum absolute atomic E-state index is 13.0. The van der Waals surface area contributed by atoms with Crippen molar-refractivity contribution in [1.82, 2.24) is 14.3 Å². The molecule has 0 radical (unpaired) electrons. The van der Waals surface area contributed by atoms with E-state index < -0.39 is 0 Å². The van der Waals surface area contributed by atoms with Crippen LogP contribution in [0.15, 0.2) is 54.9 Å². The second-order valence-corrected chi connectivity index (χ2v) is 6.25. The summed E-state index contributed by atoms with van der Waals surface area (Å²) in [4.78, 5) is 19.4. The fraction of sp³-hybridized carbons (Fsp3) is 0.300. The minimum Gasteiger partial charge on any atom is -0.494 e. The third-order valence-corrected chi connectivity index (χ3v) is 4.67. The van der Waals surface area contributed by atoms with Gasteiger partial charge < -0.3 is 14.0 Å². The predicted molar refractivity (Wildman–Crippen MR) is 95.8 cm³/mol. The van der Waals surface area contributed by atoms with Crippen molar-refractivity contribution in [3.63, 3.8) is 0 Å². The third-order valence-electron chi connectivity index (χ3n) is 4.67. The van der Waals surface area contributed by atoms with Crippen molar-refractivity contribution in [3.05, 3.63) is 66.1 Å². The molecule has 4 rings (SSSR count). The number of hydrogen-bond acceptors (Lipinski definition) is 3. The molecule has 3 heterocycles. The summed E-state index contributed by atoms with van der Waals surface area (Å²) >= 11 is 0. The Morgan fingerprint density at radius 3 is 2.84 bits per heavy atom. The molecule has 1 saturated heterocycles. The van der Waals surface area contributed by atoms with Gasteiger partial charge in [0, 0.05) is 18.9 Å². The Hall–Kier alpha value is -2.82. The van der Waals surface area contributed by atoms with E-state index in [4.69, 9.17) is 4.74 Å². The Morgan fingerprint density at radius 2 is 2.08 bits per heavy atom. The van der Waals surface area contributed by atoms with Gasteiger partial charge in [-0.15, -0.1) is 0 Å². The van der Waals surface area contributed by atoms with Crippen LogP contribution < -0.4 is 4.74 Å². The Kier molecular flexibility index (Phi) is 4.14. The van der Waals surface area contributed by atoms with Crippen LogP contribution in [0.4, 0.5) is 0 Å². The van der Waals surface area contributed by atoms with Crippen LogP contribution in [0.5, 0.6) is 5.75 Å². The molecule has 5 heteroatoms. The molecule has 0 N–H and O–H groups in total. The lowest BCUT2D eigenvalue weighted by Crippen LogP contribution is -2.30. The highest BCUT2D eigenvalue weighted by Gasteiger charge is 2.31. The van der Waals surface area contributed by atoms with Crippen molar-refractivity contribution >= 4 is 11.6 Å². The van der Waals surface area contributed by atoms with Crippen LogP contribution in [-0.4, -0.2) is 33.3 Å². The number of pyridine rings is 1. The van der Waals surface area contributed by atoms with Gasteiger partial charge in [0.15, 0.2) is 0 Å². The molecule has 1 amide bonds. The molecule has 128 valence electrons. The number of nitrogens with zero attached hydrogens (tertiary/aromatic N) is 3. The van der Waals surface area contributed by atoms with Crippen molar-refractivity contribution in [2.24, 2.45) is 0 Å². The summed E-state index contributed by atoms with van der Waals surface area (Å²) in [7, 11) is 0. The van der Waals surface area contributed by atoms with Gasteiger partial charge in [-0.25, -0.2) is 4.98 Å². The molecule has 0 spiro atoms. The van der Waals surface area contributed by atoms with Crippen LogP contribution >= 0.6 is 0 Å². The van der Waals surface area contributed by atoms with Crippen LogP contribution in [0.1, 0.15) is 41.9 Å². The summed E-state index contributed by atoms with van der Waals surface area (Å²) < 4.78 is 7.39. The maximum Gasteiger partial charge on any atom is 0.274 e. The lowest BCUT2D eigenvalue weighted by atomic mass is 10.0. The first-order valence-electron chi connectivity index (χ1n) is 8.73. The Labute approximate surface area is 146 Å². The molecule has 25 heavy (non-hydrogen) atoms. The van der Waals surface area contributed by atoms with E-state index in [0.29, 0.717) is 12.3 Å². The van der Waals surface area contributed by atoms with Crippen LogP contribution in [-0.2, 0) is 0 Å². The summed E-state index contributed by atoms with van der Waals surface area (Å²) in [6.07, 6.45) is 5.71. The van der Waals surface area contributed by atoms with Crippen LogP contribution in [0.25, 0.3) is 5.65 Å². The van der Waals surface area contributed by atoms with Crippen molar-refractivity contribution in [2.45, 2.75) is 25.8 Å². The summed E-state index contributed by atoms with van der Waals surface area (Å²) in [5.41, 5.74) is 2.45. The molecule has 1 aliphatic heterocycles. The highest BCUT2D eigenvalue weighted by Crippen LogP contribution is 2.33. The first kappa shape index (κ1) is 15.7. The fourth-order valence-corrected chi connectivity index (χ4v) is 3.49. The standard InChI is InChI=1S/C20H21N3O2/c1-2-25-16-10-8-15(9-11-16)18-6-5-13-23(18)20(24)17-14-22-12-4-3-7-19(22)21-17/h3-4,7-12,14,18H,2,5-6,13H2,1H3/t18-/m1/s1. The van der Waals surface area contributed by atoms with Gasteiger partial charge >= 0.3 is 0 Å². The molecule has 1 aliphatic rings. The average Bonchev–Trinajstić information content (AvgIpc) is 3.29. The highest BCUT2D eigenvalue weighted by molar-refractivity contribution is 5.93. The number of carbonyl (C=O) groups excluding carboxylic acids is 1. The van der Waals surface area contributed by atoms with Crippen molar-refractivity contribution in [2.75, 3.05) is 13.2 Å². The minimum atomic E-state index is 0.0000784. The van der Waals surface area contributed by atoms with E-state index in [-0.39, 0.29) is 11.9 Å². The maximum atomic E-state index is 13.0. The number of ether oxygens (including phenoxy) is 1. The summed E-state index contributed by atoms with van der Waals surface area (Å²) in [6.45, 7) is 3.39. The number of aromatic nitrogens is 2. The Bertz CT molecular complexity index is 852. The van der Waals surface area contributed by atoms with Crippen molar-refractivity contribution in [1.29, 1.82) is 0 Å². The lowest BCUT2D eigenvalue weighted by Gasteiger charge is -2.24. The Morgan fingerprint density at radius 1 is 1.24 bits per heavy atom. The van der Waals surface area contributed by atoms with Crippen molar-refractivity contribution in [3.8, 4) is 5.75 Å². The van der Waals surface area contributed by atoms with E-state index in [1.54, 1.807) is 0 Å². The number of benzene rings is 1. The lowest BCUT2D eigenvalue weighted by molar-refractivity contribution is 0.0730. The van der Waals surface area contributed by atoms with E-state index in [1.165, 1.54) is 0 Å². The smallest absolute Gasteiger partial charge is 0.274 e. The normalized spacial score (nSPS) is 17.2. The summed E-state index contributed by atoms with van der Waals surface area (Å²) in [5.74, 6) is 0.863. The molecular formula is C20H21N3O2. The van der Waals surface area contributed by atoms with Crippen molar-refractivity contribution < 1.29 is 9.53 Å². The monoisotopic (exact) mass is 335 g/mol. The van der Waals surface area contributed by atoms with E-state index in [1.807, 2.05) is 58.9 Å². The minimum absolute atomic E-state index is 0.0000784. The molecule has 1 atom stereocenters. The first-order valence-corrected chi connectivity index (χ1v) is 8.73. The van der Waals surface area contributed by atoms with Gasteiger partial charge in [-0.2, -0.15) is 0 Å². The molecular weight excluding hydrogens is 314 g/mol. The zero-order valence-electron chi connectivity index (χ0n) is 14.3. The van der Waals surface area contributed by atoms with E-state index in [2.05, 4.69) is 17.1 Å². The van der Waals surface area contributed by atoms with E-state index >= 15 is 0 Å². The molecule has 3 aromatic rings. The summed E-state index contributed by atoms with van der Waals surface area (Å²) in [5, 5.41) is 0. The van der Waals surface area contributed by atoms with E-state index in [9.17, 15) is 4.79 Å². The van der Waals surface area contributed by atoms with Gasteiger partial charge in [0.1, 0.15) is 17.1 Å². The number of imidazole rings is 1. The second-order valence-electron chi connectivity index (χ2n) is 6.25. The van der Waals surface area contributed by atoms with Gasteiger partial charge in [0.05, 0.1) is 12.6 Å². The number of fused-ring (bicyclic) bond motifs is 1. The van der Waals surface area contributed by atoms with Gasteiger partial charge in [-0.05, 0) is 49.6 Å². The van der Waals surface area contributed by atoms with Gasteiger partial charge in [-0.1, -0.05) is 18.2 Å². The topological polar surface area (TPSA) is 46.8 Å². The van der Waals surface area contributed by atoms with E-state index in [0.717, 1.165) is 36.3 Å². The predicted octanol–water partition coefficient (Wildman–Crippen LogP) is 3.71. The molecule has 1 fully saturated rings. The molecule has 0 aliphatic carbocycles. The number of rotatable bonds is 4. The highest BCUT2D eigenvalue weighted by atomic mass is 16.5. The average molecular weight is 335 g/mol. The number of amides is 1.